The fourth-order valence-corrected chi connectivity index (χ4v) is 2.49. The van der Waals surface area contributed by atoms with Crippen LogP contribution in [0, 0.1) is 13.8 Å². The van der Waals surface area contributed by atoms with E-state index in [-0.39, 0.29) is 18.0 Å². The van der Waals surface area contributed by atoms with Crippen molar-refractivity contribution < 1.29 is 23.9 Å². The molecule has 1 N–H and O–H groups in total. The van der Waals surface area contributed by atoms with Crippen LogP contribution in [0.25, 0.3) is 0 Å². The minimum atomic E-state index is -0.668. The highest BCUT2D eigenvalue weighted by Crippen LogP contribution is 2.18. The number of carbonyl (C=O) groups excluding carboxylic acids is 3. The second-order valence-corrected chi connectivity index (χ2v) is 6.39. The lowest BCUT2D eigenvalue weighted by Crippen LogP contribution is -2.37. The molecule has 2 rings (SSSR count). The van der Waals surface area contributed by atoms with E-state index in [0.717, 1.165) is 11.1 Å². The van der Waals surface area contributed by atoms with Crippen LogP contribution in [0.4, 0.5) is 5.69 Å². The highest BCUT2D eigenvalue weighted by atomic mass is 16.5. The van der Waals surface area contributed by atoms with Gasteiger partial charge in [-0.3, -0.25) is 9.59 Å². The molecule has 148 valence electrons. The second-order valence-electron chi connectivity index (χ2n) is 6.39. The maximum atomic E-state index is 12.2. The van der Waals surface area contributed by atoms with Crippen LogP contribution in [0.5, 0.6) is 5.75 Å². The molecule has 2 aromatic carbocycles. The maximum Gasteiger partial charge on any atom is 0.342 e. The van der Waals surface area contributed by atoms with Crippen LogP contribution in [0.2, 0.25) is 0 Å². The summed E-state index contributed by atoms with van der Waals surface area (Å²) in [6, 6.07) is 12.3. The molecule has 0 spiro atoms. The summed E-state index contributed by atoms with van der Waals surface area (Å²) in [5.74, 6) is -1.12. The predicted molar refractivity (Wildman–Crippen MR) is 105 cm³/mol. The van der Waals surface area contributed by atoms with Crippen molar-refractivity contribution in [3.05, 3.63) is 59.2 Å². The third-order valence-corrected chi connectivity index (χ3v) is 4.13. The summed E-state index contributed by atoms with van der Waals surface area (Å²) in [6.45, 7) is 3.20. The molecule has 2 aromatic rings. The summed E-state index contributed by atoms with van der Waals surface area (Å²) in [6.07, 6.45) is 0. The van der Waals surface area contributed by atoms with E-state index in [1.54, 1.807) is 24.3 Å². The minimum Gasteiger partial charge on any atom is -0.496 e. The van der Waals surface area contributed by atoms with Crippen LogP contribution in [-0.2, 0) is 14.3 Å². The fourth-order valence-electron chi connectivity index (χ4n) is 2.49. The van der Waals surface area contributed by atoms with E-state index in [1.165, 1.54) is 19.1 Å². The van der Waals surface area contributed by atoms with Gasteiger partial charge in [-0.05, 0) is 43.2 Å². The van der Waals surface area contributed by atoms with Crippen LogP contribution in [0.15, 0.2) is 42.5 Å². The molecule has 0 heterocycles. The standard InChI is InChI=1S/C21H24N2O5/c1-14-9-10-15(2)17(11-14)22-19(24)12-23(3)20(25)13-28-21(26)16-7-5-6-8-18(16)27-4/h5-11H,12-13H2,1-4H3,(H,22,24). The average Bonchev–Trinajstić information content (AvgIpc) is 2.68. The van der Waals surface area contributed by atoms with Gasteiger partial charge in [-0.1, -0.05) is 24.3 Å². The Bertz CT molecular complexity index is 879. The molecule has 0 saturated carbocycles. The Hall–Kier alpha value is -3.35. The Labute approximate surface area is 164 Å². The summed E-state index contributed by atoms with van der Waals surface area (Å²) >= 11 is 0. The van der Waals surface area contributed by atoms with E-state index < -0.39 is 18.5 Å². The summed E-state index contributed by atoms with van der Waals surface area (Å²) in [7, 11) is 2.92. The van der Waals surface area contributed by atoms with Crippen LogP contribution < -0.4 is 10.1 Å². The van der Waals surface area contributed by atoms with E-state index >= 15 is 0 Å². The third-order valence-electron chi connectivity index (χ3n) is 4.13. The molecule has 0 atom stereocenters. The molecule has 28 heavy (non-hydrogen) atoms. The topological polar surface area (TPSA) is 84.9 Å². The number of nitrogens with zero attached hydrogens (tertiary/aromatic N) is 1. The molecule has 7 nitrogen and oxygen atoms in total. The molecule has 0 saturated heterocycles. The lowest BCUT2D eigenvalue weighted by Gasteiger charge is -2.17. The highest BCUT2D eigenvalue weighted by molar-refractivity contribution is 5.96. The maximum absolute atomic E-state index is 12.2. The molecular formula is C21H24N2O5. The van der Waals surface area contributed by atoms with Gasteiger partial charge in [0.1, 0.15) is 11.3 Å². The Morgan fingerprint density at radius 1 is 1.07 bits per heavy atom. The number of para-hydroxylation sites is 1. The van der Waals surface area contributed by atoms with Crippen molar-refractivity contribution in [2.75, 3.05) is 32.6 Å². The SMILES string of the molecule is COc1ccccc1C(=O)OCC(=O)N(C)CC(=O)Nc1cc(C)ccc1C. The van der Waals surface area contributed by atoms with Gasteiger partial charge in [0.2, 0.25) is 5.91 Å². The number of aryl methyl sites for hydroxylation is 2. The quantitative estimate of drug-likeness (QED) is 0.742. The highest BCUT2D eigenvalue weighted by Gasteiger charge is 2.18. The van der Waals surface area contributed by atoms with Crippen LogP contribution in [0.3, 0.4) is 0 Å². The van der Waals surface area contributed by atoms with Gasteiger partial charge in [0.15, 0.2) is 6.61 Å². The van der Waals surface area contributed by atoms with Gasteiger partial charge >= 0.3 is 5.97 Å². The van der Waals surface area contributed by atoms with Gasteiger partial charge in [0.25, 0.3) is 5.91 Å². The molecule has 2 amide bonds. The molecule has 0 bridgehead atoms. The number of rotatable bonds is 7. The van der Waals surface area contributed by atoms with Gasteiger partial charge < -0.3 is 19.7 Å². The van der Waals surface area contributed by atoms with Crippen molar-refractivity contribution in [1.82, 2.24) is 4.90 Å². The molecule has 0 aliphatic carbocycles. The van der Waals surface area contributed by atoms with Gasteiger partial charge in [-0.15, -0.1) is 0 Å². The average molecular weight is 384 g/mol. The van der Waals surface area contributed by atoms with Crippen LogP contribution in [-0.4, -0.2) is 50.0 Å². The Kier molecular flexibility index (Phi) is 7.14. The zero-order valence-electron chi connectivity index (χ0n) is 16.4. The summed E-state index contributed by atoms with van der Waals surface area (Å²) in [5.41, 5.74) is 2.88. The van der Waals surface area contributed by atoms with E-state index in [4.69, 9.17) is 9.47 Å². The summed E-state index contributed by atoms with van der Waals surface area (Å²) < 4.78 is 10.1. The molecule has 0 aliphatic rings. The zero-order valence-corrected chi connectivity index (χ0v) is 16.4. The first kappa shape index (κ1) is 21.0. The van der Waals surface area contributed by atoms with E-state index in [0.29, 0.717) is 11.4 Å². The lowest BCUT2D eigenvalue weighted by atomic mass is 10.1. The van der Waals surface area contributed by atoms with E-state index in [9.17, 15) is 14.4 Å². The van der Waals surface area contributed by atoms with Gasteiger partial charge in [-0.25, -0.2) is 4.79 Å². The number of amides is 2. The Morgan fingerprint density at radius 3 is 2.50 bits per heavy atom. The molecule has 0 fully saturated rings. The number of anilines is 1. The fraction of sp³-hybridized carbons (Fsp3) is 0.286. The van der Waals surface area contributed by atoms with E-state index in [1.807, 2.05) is 32.0 Å². The first-order valence-electron chi connectivity index (χ1n) is 8.73. The number of likely N-dealkylation sites (N-methyl/N-ethyl adjacent to an activating group) is 1. The van der Waals surface area contributed by atoms with Crippen molar-refractivity contribution in [3.63, 3.8) is 0 Å². The first-order chi connectivity index (χ1) is 13.3. The van der Waals surface area contributed by atoms with Crippen molar-refractivity contribution in [1.29, 1.82) is 0 Å². The molecule has 7 heteroatoms. The number of esters is 1. The molecule has 0 aliphatic heterocycles. The third kappa shape index (κ3) is 5.57. The number of methoxy groups -OCH3 is 1. The van der Waals surface area contributed by atoms with E-state index in [2.05, 4.69) is 5.32 Å². The van der Waals surface area contributed by atoms with Crippen LogP contribution >= 0.6 is 0 Å². The van der Waals surface area contributed by atoms with Crippen LogP contribution in [0.1, 0.15) is 21.5 Å². The number of hydrogen-bond acceptors (Lipinski definition) is 5. The molecule has 0 radical (unpaired) electrons. The number of hydrogen-bond donors (Lipinski definition) is 1. The van der Waals surface area contributed by atoms with Crippen molar-refractivity contribution in [2.24, 2.45) is 0 Å². The normalized spacial score (nSPS) is 10.1. The number of carbonyl (C=O) groups is 3. The number of nitrogens with one attached hydrogen (secondary N) is 1. The van der Waals surface area contributed by atoms with Gasteiger partial charge in [-0.2, -0.15) is 0 Å². The summed E-state index contributed by atoms with van der Waals surface area (Å²) in [4.78, 5) is 37.7. The summed E-state index contributed by atoms with van der Waals surface area (Å²) in [5, 5.41) is 2.79. The largest absolute Gasteiger partial charge is 0.496 e. The second kappa shape index (κ2) is 9.55. The zero-order chi connectivity index (χ0) is 20.7. The Balaban J connectivity index is 1.87. The smallest absolute Gasteiger partial charge is 0.342 e. The monoisotopic (exact) mass is 384 g/mol. The predicted octanol–water partition coefficient (Wildman–Crippen LogP) is 2.57. The molecule has 0 aromatic heterocycles. The van der Waals surface area contributed by atoms with Crippen molar-refractivity contribution in [3.8, 4) is 5.75 Å². The van der Waals surface area contributed by atoms with Gasteiger partial charge in [0.05, 0.1) is 13.7 Å². The first-order valence-corrected chi connectivity index (χ1v) is 8.73. The van der Waals surface area contributed by atoms with Crippen molar-refractivity contribution >= 4 is 23.5 Å². The molecule has 0 unspecified atom stereocenters. The minimum absolute atomic E-state index is 0.154. The Morgan fingerprint density at radius 2 is 1.79 bits per heavy atom. The lowest BCUT2D eigenvalue weighted by molar-refractivity contribution is -0.136. The number of benzene rings is 2. The van der Waals surface area contributed by atoms with Gasteiger partial charge in [0, 0.05) is 12.7 Å². The molecular weight excluding hydrogens is 360 g/mol. The number of ether oxygens (including phenoxy) is 2. The van der Waals surface area contributed by atoms with Crippen molar-refractivity contribution in [2.45, 2.75) is 13.8 Å².